The highest BCUT2D eigenvalue weighted by Crippen LogP contribution is 2.19. The summed E-state index contributed by atoms with van der Waals surface area (Å²) in [5.41, 5.74) is 3.23. The second-order valence-corrected chi connectivity index (χ2v) is 5.35. The molecule has 0 unspecified atom stereocenters. The molecule has 3 heterocycles. The molecule has 0 aromatic carbocycles. The van der Waals surface area contributed by atoms with Gasteiger partial charge in [0.25, 0.3) is 5.91 Å². The van der Waals surface area contributed by atoms with E-state index in [9.17, 15) is 4.79 Å². The van der Waals surface area contributed by atoms with Gasteiger partial charge in [-0.25, -0.2) is 4.98 Å². The SMILES string of the molecule is COCc1csc(NC(=O)c2n[nH]c3c2CNCC3)n1.Cl. The molecule has 0 fully saturated rings. The van der Waals surface area contributed by atoms with Gasteiger partial charge in [-0.1, -0.05) is 0 Å². The lowest BCUT2D eigenvalue weighted by molar-refractivity contribution is 0.102. The zero-order chi connectivity index (χ0) is 13.9. The van der Waals surface area contributed by atoms with Crippen LogP contribution in [0.1, 0.15) is 27.4 Å². The van der Waals surface area contributed by atoms with E-state index in [1.54, 1.807) is 7.11 Å². The van der Waals surface area contributed by atoms with E-state index in [0.717, 1.165) is 29.9 Å². The number of nitrogens with zero attached hydrogens (tertiary/aromatic N) is 2. The summed E-state index contributed by atoms with van der Waals surface area (Å²) in [6.45, 7) is 2.01. The van der Waals surface area contributed by atoms with Gasteiger partial charge in [-0.3, -0.25) is 15.2 Å². The second kappa shape index (κ2) is 6.99. The van der Waals surface area contributed by atoms with Gasteiger partial charge in [0, 0.05) is 43.3 Å². The van der Waals surface area contributed by atoms with Crippen molar-refractivity contribution in [2.75, 3.05) is 19.0 Å². The lowest BCUT2D eigenvalue weighted by Gasteiger charge is -2.12. The maximum atomic E-state index is 12.2. The number of aromatic nitrogens is 3. The first-order chi connectivity index (χ1) is 9.78. The highest BCUT2D eigenvalue weighted by atomic mass is 35.5. The average molecular weight is 330 g/mol. The Balaban J connectivity index is 0.00000161. The van der Waals surface area contributed by atoms with Gasteiger partial charge in [-0.2, -0.15) is 5.10 Å². The summed E-state index contributed by atoms with van der Waals surface area (Å²) in [6.07, 6.45) is 0.866. The largest absolute Gasteiger partial charge is 0.378 e. The highest BCUT2D eigenvalue weighted by Gasteiger charge is 2.22. The number of fused-ring (bicyclic) bond motifs is 1. The van der Waals surface area contributed by atoms with Gasteiger partial charge in [0.05, 0.1) is 12.3 Å². The molecule has 0 spiro atoms. The normalized spacial score (nSPS) is 13.4. The molecule has 0 saturated carbocycles. The number of halogens is 1. The fourth-order valence-electron chi connectivity index (χ4n) is 2.15. The summed E-state index contributed by atoms with van der Waals surface area (Å²) in [7, 11) is 1.61. The minimum Gasteiger partial charge on any atom is -0.378 e. The van der Waals surface area contributed by atoms with E-state index >= 15 is 0 Å². The molecule has 2 aromatic heterocycles. The molecule has 2 aromatic rings. The first kappa shape index (κ1) is 15.9. The van der Waals surface area contributed by atoms with Crippen LogP contribution in [0, 0.1) is 0 Å². The third-order valence-corrected chi connectivity index (χ3v) is 3.89. The van der Waals surface area contributed by atoms with Crippen LogP contribution in [0.3, 0.4) is 0 Å². The molecule has 21 heavy (non-hydrogen) atoms. The minimum atomic E-state index is -0.232. The van der Waals surface area contributed by atoms with Crippen LogP contribution in [-0.4, -0.2) is 34.7 Å². The molecule has 114 valence electrons. The maximum Gasteiger partial charge on any atom is 0.278 e. The molecule has 1 amide bonds. The fraction of sp³-hybridized carbons (Fsp3) is 0.417. The Bertz CT molecular complexity index is 627. The average Bonchev–Trinajstić information content (AvgIpc) is 3.06. The number of H-pyrrole nitrogens is 1. The van der Waals surface area contributed by atoms with E-state index in [2.05, 4.69) is 25.8 Å². The van der Waals surface area contributed by atoms with Crippen molar-refractivity contribution >= 4 is 34.8 Å². The molecule has 3 N–H and O–H groups in total. The predicted octanol–water partition coefficient (Wildman–Crippen LogP) is 1.33. The number of nitrogens with one attached hydrogen (secondary N) is 3. The first-order valence-electron chi connectivity index (χ1n) is 6.29. The number of anilines is 1. The molecular formula is C12H16ClN5O2S. The van der Waals surface area contributed by atoms with Gasteiger partial charge >= 0.3 is 0 Å². The van der Waals surface area contributed by atoms with Crippen LogP contribution in [0.5, 0.6) is 0 Å². The zero-order valence-electron chi connectivity index (χ0n) is 11.4. The van der Waals surface area contributed by atoms with E-state index in [4.69, 9.17) is 4.74 Å². The van der Waals surface area contributed by atoms with Crippen molar-refractivity contribution in [2.45, 2.75) is 19.6 Å². The van der Waals surface area contributed by atoms with Gasteiger partial charge in [-0.15, -0.1) is 23.7 Å². The van der Waals surface area contributed by atoms with E-state index in [-0.39, 0.29) is 18.3 Å². The van der Waals surface area contributed by atoms with Gasteiger partial charge in [0.1, 0.15) is 0 Å². The molecule has 0 saturated heterocycles. The van der Waals surface area contributed by atoms with E-state index in [1.165, 1.54) is 11.3 Å². The molecule has 0 radical (unpaired) electrons. The number of amides is 1. The van der Waals surface area contributed by atoms with Gasteiger partial charge in [-0.05, 0) is 0 Å². The summed E-state index contributed by atoms with van der Waals surface area (Å²) in [6, 6.07) is 0. The summed E-state index contributed by atoms with van der Waals surface area (Å²) in [5, 5.41) is 15.5. The molecular weight excluding hydrogens is 314 g/mol. The standard InChI is InChI=1S/C12H15N5O2S.ClH/c1-19-5-7-6-20-12(14-7)15-11(18)10-8-4-13-3-2-9(8)16-17-10;/h6,13H,2-5H2,1H3,(H,16,17)(H,14,15,18);1H. The topological polar surface area (TPSA) is 91.9 Å². The number of thiazole rings is 1. The third-order valence-electron chi connectivity index (χ3n) is 3.09. The molecule has 3 rings (SSSR count). The Morgan fingerprint density at radius 1 is 1.57 bits per heavy atom. The van der Waals surface area contributed by atoms with E-state index in [1.807, 2.05) is 5.38 Å². The summed E-state index contributed by atoms with van der Waals surface area (Å²) in [5.74, 6) is -0.232. The number of hydrogen-bond donors (Lipinski definition) is 3. The number of hydrogen-bond acceptors (Lipinski definition) is 6. The van der Waals surface area contributed by atoms with Crippen LogP contribution >= 0.6 is 23.7 Å². The number of ether oxygens (including phenoxy) is 1. The lowest BCUT2D eigenvalue weighted by Crippen LogP contribution is -2.25. The van der Waals surface area contributed by atoms with Crippen LogP contribution in [0.2, 0.25) is 0 Å². The minimum absolute atomic E-state index is 0. The molecule has 0 bridgehead atoms. The zero-order valence-corrected chi connectivity index (χ0v) is 13.1. The van der Waals surface area contributed by atoms with Gasteiger partial charge < -0.3 is 10.1 Å². The smallest absolute Gasteiger partial charge is 0.278 e. The van der Waals surface area contributed by atoms with Crippen molar-refractivity contribution in [1.82, 2.24) is 20.5 Å². The van der Waals surface area contributed by atoms with Crippen molar-refractivity contribution in [2.24, 2.45) is 0 Å². The van der Waals surface area contributed by atoms with Crippen LogP contribution in [0.4, 0.5) is 5.13 Å². The molecule has 0 aliphatic carbocycles. The Labute approximate surface area is 131 Å². The van der Waals surface area contributed by atoms with Crippen LogP contribution in [0.25, 0.3) is 0 Å². The summed E-state index contributed by atoms with van der Waals surface area (Å²) < 4.78 is 5.00. The number of rotatable bonds is 4. The van der Waals surface area contributed by atoms with Crippen LogP contribution < -0.4 is 10.6 Å². The first-order valence-corrected chi connectivity index (χ1v) is 7.17. The summed E-state index contributed by atoms with van der Waals surface area (Å²) in [4.78, 5) is 16.5. The van der Waals surface area contributed by atoms with Crippen LogP contribution in [0.15, 0.2) is 5.38 Å². The Morgan fingerprint density at radius 2 is 2.43 bits per heavy atom. The monoisotopic (exact) mass is 329 g/mol. The number of aromatic amines is 1. The Kier molecular flexibility index (Phi) is 5.29. The van der Waals surface area contributed by atoms with Gasteiger partial charge in [0.2, 0.25) is 0 Å². The van der Waals surface area contributed by atoms with Crippen molar-refractivity contribution < 1.29 is 9.53 Å². The molecule has 7 nitrogen and oxygen atoms in total. The van der Waals surface area contributed by atoms with Crippen molar-refractivity contribution in [3.63, 3.8) is 0 Å². The quantitative estimate of drug-likeness (QED) is 0.787. The van der Waals surface area contributed by atoms with E-state index in [0.29, 0.717) is 24.0 Å². The van der Waals surface area contributed by atoms with Crippen molar-refractivity contribution in [3.05, 3.63) is 28.0 Å². The molecule has 0 atom stereocenters. The van der Waals surface area contributed by atoms with Gasteiger partial charge in [0.15, 0.2) is 10.8 Å². The second-order valence-electron chi connectivity index (χ2n) is 4.49. The van der Waals surface area contributed by atoms with Crippen LogP contribution in [-0.2, 0) is 24.3 Å². The Morgan fingerprint density at radius 3 is 3.24 bits per heavy atom. The fourth-order valence-corrected chi connectivity index (χ4v) is 2.84. The Hall–Kier alpha value is -1.48. The third kappa shape index (κ3) is 3.41. The van der Waals surface area contributed by atoms with E-state index < -0.39 is 0 Å². The van der Waals surface area contributed by atoms with Crippen molar-refractivity contribution in [1.29, 1.82) is 0 Å². The molecule has 1 aliphatic rings. The molecule has 1 aliphatic heterocycles. The van der Waals surface area contributed by atoms with Crippen molar-refractivity contribution in [3.8, 4) is 0 Å². The molecule has 9 heteroatoms. The highest BCUT2D eigenvalue weighted by molar-refractivity contribution is 7.13. The lowest BCUT2D eigenvalue weighted by atomic mass is 10.1. The maximum absolute atomic E-state index is 12.2. The summed E-state index contributed by atoms with van der Waals surface area (Å²) >= 11 is 1.38. The predicted molar refractivity (Wildman–Crippen MR) is 82.0 cm³/mol. The number of methoxy groups -OCH3 is 1. The number of carbonyl (C=O) groups excluding carboxylic acids is 1. The number of carbonyl (C=O) groups is 1.